The largest absolute Gasteiger partial charge is 0.394 e. The van der Waals surface area contributed by atoms with Crippen molar-refractivity contribution in [2.45, 2.75) is 37.3 Å². The molecule has 2 rings (SSSR count). The van der Waals surface area contributed by atoms with Gasteiger partial charge in [0, 0.05) is 14.2 Å². The summed E-state index contributed by atoms with van der Waals surface area (Å²) in [5.41, 5.74) is 1.00. The molecule has 0 saturated carbocycles. The summed E-state index contributed by atoms with van der Waals surface area (Å²) in [5, 5.41) is 19.3. The fraction of sp³-hybridized carbons (Fsp3) is 0.600. The van der Waals surface area contributed by atoms with Gasteiger partial charge in [-0.1, -0.05) is 30.3 Å². The van der Waals surface area contributed by atoms with Crippen LogP contribution < -0.4 is 0 Å². The average molecular weight is 298 g/mol. The summed E-state index contributed by atoms with van der Waals surface area (Å²) in [4.78, 5) is 0. The molecule has 1 aromatic rings. The van der Waals surface area contributed by atoms with E-state index in [9.17, 15) is 10.2 Å². The second-order valence-electron chi connectivity index (χ2n) is 4.91. The molecule has 1 fully saturated rings. The maximum absolute atomic E-state index is 9.88. The van der Waals surface area contributed by atoms with Crippen molar-refractivity contribution >= 4 is 0 Å². The molecule has 0 aromatic heterocycles. The van der Waals surface area contributed by atoms with E-state index in [0.717, 1.165) is 5.56 Å². The minimum Gasteiger partial charge on any atom is -0.394 e. The van der Waals surface area contributed by atoms with Crippen LogP contribution in [-0.4, -0.2) is 61.7 Å². The van der Waals surface area contributed by atoms with Crippen molar-refractivity contribution in [3.63, 3.8) is 0 Å². The Bertz CT molecular complexity index is 412. The number of aliphatic hydroxyl groups is 2. The fourth-order valence-electron chi connectivity index (χ4n) is 2.53. The van der Waals surface area contributed by atoms with Crippen molar-refractivity contribution in [1.82, 2.24) is 0 Å². The van der Waals surface area contributed by atoms with Gasteiger partial charge in [0.1, 0.15) is 24.4 Å². The molecule has 0 spiro atoms. The molecule has 5 atom stereocenters. The van der Waals surface area contributed by atoms with Gasteiger partial charge in [0.15, 0.2) is 6.29 Å². The normalized spacial score (nSPS) is 33.0. The summed E-state index contributed by atoms with van der Waals surface area (Å²) in [6.45, 7) is 0.0879. The number of rotatable bonds is 6. The zero-order valence-electron chi connectivity index (χ0n) is 12.2. The molecular formula is C15H22O6. The summed E-state index contributed by atoms with van der Waals surface area (Å²) in [6, 6.07) is 9.67. The molecule has 1 heterocycles. The van der Waals surface area contributed by atoms with Crippen LogP contribution in [0, 0.1) is 0 Å². The Labute approximate surface area is 124 Å². The Hall–Kier alpha value is -1.02. The highest BCUT2D eigenvalue weighted by Gasteiger charge is 2.46. The molecule has 1 aromatic carbocycles. The zero-order valence-corrected chi connectivity index (χ0v) is 12.2. The molecule has 1 saturated heterocycles. The van der Waals surface area contributed by atoms with Crippen LogP contribution in [-0.2, 0) is 25.6 Å². The summed E-state index contributed by atoms with van der Waals surface area (Å²) < 4.78 is 21.8. The van der Waals surface area contributed by atoms with Gasteiger partial charge in [0.25, 0.3) is 0 Å². The van der Waals surface area contributed by atoms with Gasteiger partial charge in [-0.15, -0.1) is 0 Å². The molecular weight excluding hydrogens is 276 g/mol. The average Bonchev–Trinajstić information content (AvgIpc) is 2.53. The molecule has 0 aliphatic carbocycles. The maximum Gasteiger partial charge on any atom is 0.184 e. The third-order valence-corrected chi connectivity index (χ3v) is 3.62. The van der Waals surface area contributed by atoms with Crippen LogP contribution >= 0.6 is 0 Å². The Balaban J connectivity index is 2.08. The first kappa shape index (κ1) is 16.4. The van der Waals surface area contributed by atoms with E-state index in [0.29, 0.717) is 6.61 Å². The number of hydrogen-bond donors (Lipinski definition) is 2. The maximum atomic E-state index is 9.88. The molecule has 1 aliphatic heterocycles. The van der Waals surface area contributed by atoms with E-state index in [2.05, 4.69) is 0 Å². The zero-order chi connectivity index (χ0) is 15.2. The standard InChI is InChI=1S/C15H22O6/c1-18-13-12(20-9-10-6-4-3-5-7-10)11(8-16)21-15(17)14(13)19-2/h3-7,11-17H,8-9H2,1-2H3/t11-,12-,13+,14-,15+/m1/s1. The molecule has 0 bridgehead atoms. The predicted octanol–water partition coefficient (Wildman–Crippen LogP) is 0.311. The monoisotopic (exact) mass is 298 g/mol. The molecule has 0 unspecified atom stereocenters. The number of ether oxygens (including phenoxy) is 4. The summed E-state index contributed by atoms with van der Waals surface area (Å²) in [5.74, 6) is 0. The Morgan fingerprint density at radius 3 is 2.29 bits per heavy atom. The number of benzene rings is 1. The highest BCUT2D eigenvalue weighted by atomic mass is 16.7. The van der Waals surface area contributed by atoms with Crippen molar-refractivity contribution < 1.29 is 29.2 Å². The Morgan fingerprint density at radius 1 is 1.05 bits per heavy atom. The minimum atomic E-state index is -1.16. The first-order chi connectivity index (χ1) is 10.2. The molecule has 118 valence electrons. The lowest BCUT2D eigenvalue weighted by molar-refractivity contribution is -0.304. The number of aliphatic hydroxyl groups excluding tert-OH is 2. The predicted molar refractivity (Wildman–Crippen MR) is 74.6 cm³/mol. The summed E-state index contributed by atoms with van der Waals surface area (Å²) in [6.07, 6.45) is -3.56. The van der Waals surface area contributed by atoms with Crippen molar-refractivity contribution in [3.8, 4) is 0 Å². The van der Waals surface area contributed by atoms with E-state index in [1.54, 1.807) is 0 Å². The first-order valence-electron chi connectivity index (χ1n) is 6.86. The van der Waals surface area contributed by atoms with Gasteiger partial charge >= 0.3 is 0 Å². The Kier molecular flexibility index (Phi) is 6.10. The molecule has 21 heavy (non-hydrogen) atoms. The number of hydrogen-bond acceptors (Lipinski definition) is 6. The van der Waals surface area contributed by atoms with Crippen LogP contribution in [0.1, 0.15) is 5.56 Å². The van der Waals surface area contributed by atoms with Gasteiger partial charge in [-0.3, -0.25) is 0 Å². The van der Waals surface area contributed by atoms with Gasteiger partial charge in [-0.05, 0) is 5.56 Å². The van der Waals surface area contributed by atoms with E-state index < -0.39 is 30.7 Å². The van der Waals surface area contributed by atoms with Crippen LogP contribution in [0.5, 0.6) is 0 Å². The SMILES string of the molecule is CO[C@@H]1[C@@H](OC)[C@@H](O)O[C@H](CO)[C@H]1OCc1ccccc1. The van der Waals surface area contributed by atoms with Gasteiger partial charge in [-0.2, -0.15) is 0 Å². The third kappa shape index (κ3) is 3.79. The summed E-state index contributed by atoms with van der Waals surface area (Å²) >= 11 is 0. The van der Waals surface area contributed by atoms with E-state index >= 15 is 0 Å². The van der Waals surface area contributed by atoms with E-state index in [1.807, 2.05) is 30.3 Å². The van der Waals surface area contributed by atoms with Crippen LogP contribution in [0.2, 0.25) is 0 Å². The quantitative estimate of drug-likeness (QED) is 0.787. The fourth-order valence-corrected chi connectivity index (χ4v) is 2.53. The van der Waals surface area contributed by atoms with Crippen molar-refractivity contribution in [2.75, 3.05) is 20.8 Å². The van der Waals surface area contributed by atoms with Gasteiger partial charge in [-0.25, -0.2) is 0 Å². The van der Waals surface area contributed by atoms with Crippen LogP contribution in [0.25, 0.3) is 0 Å². The van der Waals surface area contributed by atoms with Crippen LogP contribution in [0.15, 0.2) is 30.3 Å². The van der Waals surface area contributed by atoms with Crippen molar-refractivity contribution in [2.24, 2.45) is 0 Å². The molecule has 2 N–H and O–H groups in total. The second-order valence-corrected chi connectivity index (χ2v) is 4.91. The van der Waals surface area contributed by atoms with E-state index in [4.69, 9.17) is 18.9 Å². The highest BCUT2D eigenvalue weighted by Crippen LogP contribution is 2.26. The van der Waals surface area contributed by atoms with Gasteiger partial charge in [0.05, 0.1) is 13.2 Å². The topological polar surface area (TPSA) is 77.4 Å². The molecule has 6 heteroatoms. The highest BCUT2D eigenvalue weighted by molar-refractivity contribution is 5.13. The first-order valence-corrected chi connectivity index (χ1v) is 6.86. The smallest absolute Gasteiger partial charge is 0.184 e. The molecule has 6 nitrogen and oxygen atoms in total. The lowest BCUT2D eigenvalue weighted by Gasteiger charge is -2.43. The third-order valence-electron chi connectivity index (χ3n) is 3.62. The molecule has 0 amide bonds. The summed E-state index contributed by atoms with van der Waals surface area (Å²) in [7, 11) is 2.98. The lowest BCUT2D eigenvalue weighted by Crippen LogP contribution is -2.60. The van der Waals surface area contributed by atoms with Gasteiger partial charge < -0.3 is 29.2 Å². The van der Waals surface area contributed by atoms with E-state index in [-0.39, 0.29) is 6.61 Å². The Morgan fingerprint density at radius 2 is 1.71 bits per heavy atom. The molecule has 1 aliphatic rings. The van der Waals surface area contributed by atoms with Crippen LogP contribution in [0.3, 0.4) is 0 Å². The van der Waals surface area contributed by atoms with Crippen molar-refractivity contribution in [3.05, 3.63) is 35.9 Å². The minimum absolute atomic E-state index is 0.271. The van der Waals surface area contributed by atoms with Crippen molar-refractivity contribution in [1.29, 1.82) is 0 Å². The second kappa shape index (κ2) is 7.84. The lowest BCUT2D eigenvalue weighted by atomic mass is 9.98. The van der Waals surface area contributed by atoms with Gasteiger partial charge in [0.2, 0.25) is 0 Å². The van der Waals surface area contributed by atoms with E-state index in [1.165, 1.54) is 14.2 Å². The number of methoxy groups -OCH3 is 2. The van der Waals surface area contributed by atoms with Crippen LogP contribution in [0.4, 0.5) is 0 Å². The molecule has 0 radical (unpaired) electrons.